The number of aromatic amines is 1. The maximum absolute atomic E-state index is 12.2. The predicted octanol–water partition coefficient (Wildman–Crippen LogP) is 1.94. The summed E-state index contributed by atoms with van der Waals surface area (Å²) in [4.78, 5) is 7.42. The molecule has 0 aliphatic heterocycles. The van der Waals surface area contributed by atoms with Crippen molar-refractivity contribution >= 4 is 10.0 Å². The zero-order chi connectivity index (χ0) is 14.6. The molecule has 2 rings (SSSR count). The highest BCUT2D eigenvalue weighted by Crippen LogP contribution is 2.14. The van der Waals surface area contributed by atoms with E-state index in [1.54, 1.807) is 24.5 Å². The highest BCUT2D eigenvalue weighted by molar-refractivity contribution is 7.89. The van der Waals surface area contributed by atoms with Crippen LogP contribution in [0.1, 0.15) is 23.4 Å². The molecule has 0 saturated carbocycles. The number of hydrogen-bond donors (Lipinski definition) is 2. The molecule has 0 aliphatic carbocycles. The molecule has 6 heteroatoms. The topological polar surface area (TPSA) is 74.8 Å². The van der Waals surface area contributed by atoms with Gasteiger partial charge in [-0.15, -0.1) is 0 Å². The summed E-state index contributed by atoms with van der Waals surface area (Å²) in [5.41, 5.74) is 1.89. The Kier molecular flexibility index (Phi) is 4.57. The summed E-state index contributed by atoms with van der Waals surface area (Å²) >= 11 is 0. The van der Waals surface area contributed by atoms with Crippen molar-refractivity contribution in [2.75, 3.05) is 6.54 Å². The van der Waals surface area contributed by atoms with Gasteiger partial charge in [-0.25, -0.2) is 18.1 Å². The Bertz CT molecular complexity index is 643. The van der Waals surface area contributed by atoms with E-state index in [2.05, 4.69) is 14.7 Å². The van der Waals surface area contributed by atoms with Gasteiger partial charge in [-0.1, -0.05) is 6.07 Å². The van der Waals surface area contributed by atoms with Crippen molar-refractivity contribution in [3.63, 3.8) is 0 Å². The predicted molar refractivity (Wildman–Crippen MR) is 78.0 cm³/mol. The van der Waals surface area contributed by atoms with Crippen molar-refractivity contribution in [1.29, 1.82) is 0 Å². The summed E-state index contributed by atoms with van der Waals surface area (Å²) in [6.45, 7) is 4.18. The molecular formula is C14H19N3O2S. The van der Waals surface area contributed by atoms with Gasteiger partial charge in [-0.2, -0.15) is 0 Å². The minimum absolute atomic E-state index is 0.327. The largest absolute Gasteiger partial charge is 0.349 e. The first-order chi connectivity index (χ1) is 9.47. The van der Waals surface area contributed by atoms with Crippen LogP contribution in [-0.2, 0) is 16.4 Å². The maximum Gasteiger partial charge on any atom is 0.240 e. The first-order valence-electron chi connectivity index (χ1n) is 6.53. The Morgan fingerprint density at radius 3 is 2.50 bits per heavy atom. The molecule has 0 atom stereocenters. The monoisotopic (exact) mass is 293 g/mol. The van der Waals surface area contributed by atoms with Gasteiger partial charge in [-0.05, 0) is 43.5 Å². The summed E-state index contributed by atoms with van der Waals surface area (Å²) in [5.74, 6) is 0.871. The number of nitrogens with one attached hydrogen (secondary N) is 2. The van der Waals surface area contributed by atoms with Crippen molar-refractivity contribution in [3.05, 3.63) is 47.5 Å². The Balaban J connectivity index is 1.93. The van der Waals surface area contributed by atoms with E-state index in [-0.39, 0.29) is 0 Å². The molecule has 0 radical (unpaired) electrons. The lowest BCUT2D eigenvalue weighted by molar-refractivity contribution is 0.578. The summed E-state index contributed by atoms with van der Waals surface area (Å²) in [7, 11) is -3.43. The number of imidazole rings is 1. The van der Waals surface area contributed by atoms with Crippen LogP contribution in [0, 0.1) is 13.8 Å². The van der Waals surface area contributed by atoms with E-state index >= 15 is 0 Å². The Labute approximate surface area is 119 Å². The van der Waals surface area contributed by atoms with Gasteiger partial charge in [0.15, 0.2) is 0 Å². The lowest BCUT2D eigenvalue weighted by Gasteiger charge is -2.08. The van der Waals surface area contributed by atoms with Crippen molar-refractivity contribution in [1.82, 2.24) is 14.7 Å². The number of hydrogen-bond acceptors (Lipinski definition) is 3. The SMILES string of the molecule is Cc1cc(C)cc(S(=O)(=O)NCCCc2ncc[nH]2)c1. The average molecular weight is 293 g/mol. The molecule has 0 fully saturated rings. The fraction of sp³-hybridized carbons (Fsp3) is 0.357. The molecule has 0 unspecified atom stereocenters. The normalized spacial score (nSPS) is 11.7. The van der Waals surface area contributed by atoms with E-state index in [1.165, 1.54) is 0 Å². The highest BCUT2D eigenvalue weighted by atomic mass is 32.2. The molecule has 0 aliphatic rings. The molecule has 1 heterocycles. The standard InChI is InChI=1S/C14H19N3O2S/c1-11-8-12(2)10-13(9-11)20(18,19)17-5-3-4-14-15-6-7-16-14/h6-10,17H,3-5H2,1-2H3,(H,15,16). The van der Waals surface area contributed by atoms with Gasteiger partial charge in [0.2, 0.25) is 10.0 Å². The number of sulfonamides is 1. The minimum atomic E-state index is -3.43. The molecular weight excluding hydrogens is 274 g/mol. The molecule has 0 bridgehead atoms. The molecule has 2 aromatic rings. The van der Waals surface area contributed by atoms with E-state index in [0.717, 1.165) is 23.4 Å². The van der Waals surface area contributed by atoms with Crippen LogP contribution in [0.5, 0.6) is 0 Å². The van der Waals surface area contributed by atoms with Crippen molar-refractivity contribution < 1.29 is 8.42 Å². The van der Waals surface area contributed by atoms with Crippen LogP contribution >= 0.6 is 0 Å². The van der Waals surface area contributed by atoms with Crippen LogP contribution in [0.4, 0.5) is 0 Å². The van der Waals surface area contributed by atoms with Crippen LogP contribution < -0.4 is 4.72 Å². The molecule has 1 aromatic heterocycles. The Hall–Kier alpha value is -1.66. The smallest absolute Gasteiger partial charge is 0.240 e. The van der Waals surface area contributed by atoms with E-state index in [0.29, 0.717) is 17.9 Å². The second kappa shape index (κ2) is 6.19. The van der Waals surface area contributed by atoms with Crippen molar-refractivity contribution in [3.8, 4) is 0 Å². The van der Waals surface area contributed by atoms with Gasteiger partial charge in [0.25, 0.3) is 0 Å². The number of benzene rings is 1. The van der Waals surface area contributed by atoms with Crippen LogP contribution in [0.25, 0.3) is 0 Å². The van der Waals surface area contributed by atoms with Crippen LogP contribution in [0.2, 0.25) is 0 Å². The third kappa shape index (κ3) is 3.91. The van der Waals surface area contributed by atoms with Gasteiger partial charge in [0, 0.05) is 25.4 Å². The molecule has 2 N–H and O–H groups in total. The Morgan fingerprint density at radius 2 is 1.90 bits per heavy atom. The van der Waals surface area contributed by atoms with Crippen LogP contribution in [-0.4, -0.2) is 24.9 Å². The molecule has 0 spiro atoms. The third-order valence-corrected chi connectivity index (χ3v) is 4.38. The maximum atomic E-state index is 12.2. The lowest BCUT2D eigenvalue weighted by atomic mass is 10.2. The third-order valence-electron chi connectivity index (χ3n) is 2.94. The number of rotatable bonds is 6. The Morgan fingerprint density at radius 1 is 1.20 bits per heavy atom. The van der Waals surface area contributed by atoms with Gasteiger partial charge >= 0.3 is 0 Å². The summed E-state index contributed by atoms with van der Waals surface area (Å²) in [5, 5.41) is 0. The second-order valence-electron chi connectivity index (χ2n) is 4.86. The number of aromatic nitrogens is 2. The number of H-pyrrole nitrogens is 1. The minimum Gasteiger partial charge on any atom is -0.349 e. The lowest BCUT2D eigenvalue weighted by Crippen LogP contribution is -2.25. The molecule has 0 saturated heterocycles. The summed E-state index contributed by atoms with van der Waals surface area (Å²) in [6, 6.07) is 5.32. The van der Waals surface area contributed by atoms with Gasteiger partial charge in [0.05, 0.1) is 4.90 Å². The molecule has 1 aromatic carbocycles. The fourth-order valence-electron chi connectivity index (χ4n) is 2.07. The molecule has 0 amide bonds. The van der Waals surface area contributed by atoms with Crippen molar-refractivity contribution in [2.24, 2.45) is 0 Å². The van der Waals surface area contributed by atoms with E-state index in [4.69, 9.17) is 0 Å². The van der Waals surface area contributed by atoms with E-state index < -0.39 is 10.0 Å². The van der Waals surface area contributed by atoms with Crippen LogP contribution in [0.15, 0.2) is 35.5 Å². The first kappa shape index (κ1) is 14.7. The van der Waals surface area contributed by atoms with Gasteiger partial charge < -0.3 is 4.98 Å². The number of nitrogens with zero attached hydrogens (tertiary/aromatic N) is 1. The average Bonchev–Trinajstić information content (AvgIpc) is 2.86. The van der Waals surface area contributed by atoms with Crippen LogP contribution in [0.3, 0.4) is 0 Å². The zero-order valence-electron chi connectivity index (χ0n) is 11.7. The van der Waals surface area contributed by atoms with Gasteiger partial charge in [-0.3, -0.25) is 0 Å². The second-order valence-corrected chi connectivity index (χ2v) is 6.63. The van der Waals surface area contributed by atoms with E-state index in [9.17, 15) is 8.42 Å². The first-order valence-corrected chi connectivity index (χ1v) is 8.02. The zero-order valence-corrected chi connectivity index (χ0v) is 12.5. The number of aryl methyl sites for hydroxylation is 3. The highest BCUT2D eigenvalue weighted by Gasteiger charge is 2.13. The molecule has 20 heavy (non-hydrogen) atoms. The fourth-order valence-corrected chi connectivity index (χ4v) is 3.33. The van der Waals surface area contributed by atoms with E-state index in [1.807, 2.05) is 19.9 Å². The van der Waals surface area contributed by atoms with Gasteiger partial charge in [0.1, 0.15) is 5.82 Å². The van der Waals surface area contributed by atoms with Crippen molar-refractivity contribution in [2.45, 2.75) is 31.6 Å². The quantitative estimate of drug-likeness (QED) is 0.799. The summed E-state index contributed by atoms with van der Waals surface area (Å²) < 4.78 is 26.9. The molecule has 5 nitrogen and oxygen atoms in total. The summed E-state index contributed by atoms with van der Waals surface area (Å²) in [6.07, 6.45) is 4.88. The molecule has 108 valence electrons.